The maximum Gasteiger partial charge on any atom is 0.354 e. The van der Waals surface area contributed by atoms with Gasteiger partial charge in [-0.3, -0.25) is 4.90 Å². The van der Waals surface area contributed by atoms with Gasteiger partial charge in [0.05, 0.1) is 6.10 Å². The summed E-state index contributed by atoms with van der Waals surface area (Å²) < 4.78 is 5.33. The number of carbonyl (C=O) groups is 1. The van der Waals surface area contributed by atoms with Crippen LogP contribution < -0.4 is 0 Å². The van der Waals surface area contributed by atoms with E-state index in [9.17, 15) is 4.79 Å². The van der Waals surface area contributed by atoms with Crippen LogP contribution in [0, 0.1) is 0 Å². The molecule has 0 amide bonds. The third-order valence-corrected chi connectivity index (χ3v) is 3.32. The van der Waals surface area contributed by atoms with Gasteiger partial charge in [0, 0.05) is 32.9 Å². The van der Waals surface area contributed by atoms with Gasteiger partial charge in [0.1, 0.15) is 5.69 Å². The van der Waals surface area contributed by atoms with Gasteiger partial charge in [0.15, 0.2) is 0 Å². The molecule has 0 bridgehead atoms. The lowest BCUT2D eigenvalue weighted by Crippen LogP contribution is -2.36. The first-order valence-corrected chi connectivity index (χ1v) is 6.12. The molecule has 0 saturated carbocycles. The zero-order valence-electron chi connectivity index (χ0n) is 10.5. The van der Waals surface area contributed by atoms with E-state index in [1.165, 1.54) is 0 Å². The van der Waals surface area contributed by atoms with Gasteiger partial charge in [-0.15, -0.1) is 0 Å². The molecule has 1 N–H and O–H groups in total. The van der Waals surface area contributed by atoms with Gasteiger partial charge >= 0.3 is 5.97 Å². The van der Waals surface area contributed by atoms with Crippen LogP contribution >= 0.6 is 0 Å². The SMILES string of the molecule is COC1CCN(Cc2ccnc(C(=O)O)c2)CC1. The van der Waals surface area contributed by atoms with Crippen LogP contribution in [0.15, 0.2) is 18.3 Å². The Bertz CT molecular complexity index is 414. The molecular weight excluding hydrogens is 232 g/mol. The van der Waals surface area contributed by atoms with Gasteiger partial charge in [0.2, 0.25) is 0 Å². The summed E-state index contributed by atoms with van der Waals surface area (Å²) in [6, 6.07) is 3.51. The first-order valence-electron chi connectivity index (χ1n) is 6.12. The van der Waals surface area contributed by atoms with Crippen LogP contribution in [0.2, 0.25) is 0 Å². The van der Waals surface area contributed by atoms with Crippen molar-refractivity contribution in [1.82, 2.24) is 9.88 Å². The summed E-state index contributed by atoms with van der Waals surface area (Å²) in [5, 5.41) is 8.89. The molecule has 0 aromatic carbocycles. The van der Waals surface area contributed by atoms with Gasteiger partial charge in [0.25, 0.3) is 0 Å². The summed E-state index contributed by atoms with van der Waals surface area (Å²) in [4.78, 5) is 17.0. The monoisotopic (exact) mass is 250 g/mol. The third kappa shape index (κ3) is 3.27. The Balaban J connectivity index is 1.94. The second-order valence-corrected chi connectivity index (χ2v) is 4.57. The largest absolute Gasteiger partial charge is 0.477 e. The zero-order valence-corrected chi connectivity index (χ0v) is 10.5. The topological polar surface area (TPSA) is 62.7 Å². The molecule has 1 aromatic rings. The fourth-order valence-corrected chi connectivity index (χ4v) is 2.25. The van der Waals surface area contributed by atoms with E-state index < -0.39 is 5.97 Å². The van der Waals surface area contributed by atoms with Gasteiger partial charge in [-0.1, -0.05) is 0 Å². The summed E-state index contributed by atoms with van der Waals surface area (Å²) in [7, 11) is 1.75. The molecule has 1 aliphatic rings. The molecule has 2 heterocycles. The first kappa shape index (κ1) is 13.0. The summed E-state index contributed by atoms with van der Waals surface area (Å²) >= 11 is 0. The summed E-state index contributed by atoms with van der Waals surface area (Å²) in [5.74, 6) is -0.977. The Morgan fingerprint density at radius 3 is 2.89 bits per heavy atom. The number of piperidine rings is 1. The highest BCUT2D eigenvalue weighted by molar-refractivity contribution is 5.85. The minimum Gasteiger partial charge on any atom is -0.477 e. The van der Waals surface area contributed by atoms with Crippen LogP contribution in [0.25, 0.3) is 0 Å². The second-order valence-electron chi connectivity index (χ2n) is 4.57. The average molecular weight is 250 g/mol. The minimum atomic E-state index is -0.977. The lowest BCUT2D eigenvalue weighted by molar-refractivity contribution is 0.0388. The molecule has 5 heteroatoms. The molecule has 1 aliphatic heterocycles. The number of likely N-dealkylation sites (tertiary alicyclic amines) is 1. The number of rotatable bonds is 4. The highest BCUT2D eigenvalue weighted by Crippen LogP contribution is 2.15. The van der Waals surface area contributed by atoms with Gasteiger partial charge < -0.3 is 9.84 Å². The van der Waals surface area contributed by atoms with E-state index in [0.29, 0.717) is 6.10 Å². The Labute approximate surface area is 106 Å². The van der Waals surface area contributed by atoms with Crippen molar-refractivity contribution in [3.05, 3.63) is 29.6 Å². The fourth-order valence-electron chi connectivity index (χ4n) is 2.25. The van der Waals surface area contributed by atoms with Crippen LogP contribution in [0.5, 0.6) is 0 Å². The van der Waals surface area contributed by atoms with Crippen LogP contribution in [-0.4, -0.2) is 47.3 Å². The lowest BCUT2D eigenvalue weighted by atomic mass is 10.1. The minimum absolute atomic E-state index is 0.110. The molecule has 1 aromatic heterocycles. The van der Waals surface area contributed by atoms with Crippen molar-refractivity contribution in [2.45, 2.75) is 25.5 Å². The predicted octanol–water partition coefficient (Wildman–Crippen LogP) is 1.39. The number of ether oxygens (including phenoxy) is 1. The molecule has 18 heavy (non-hydrogen) atoms. The Morgan fingerprint density at radius 2 is 2.28 bits per heavy atom. The number of nitrogens with zero attached hydrogens (tertiary/aromatic N) is 2. The van der Waals surface area contributed by atoms with Crippen molar-refractivity contribution in [1.29, 1.82) is 0 Å². The molecule has 1 saturated heterocycles. The van der Waals surface area contributed by atoms with Crippen molar-refractivity contribution < 1.29 is 14.6 Å². The molecule has 0 spiro atoms. The zero-order chi connectivity index (χ0) is 13.0. The maximum atomic E-state index is 10.8. The Hall–Kier alpha value is -1.46. The molecule has 5 nitrogen and oxygen atoms in total. The quantitative estimate of drug-likeness (QED) is 0.875. The van der Waals surface area contributed by atoms with Crippen molar-refractivity contribution >= 4 is 5.97 Å². The van der Waals surface area contributed by atoms with E-state index in [2.05, 4.69) is 9.88 Å². The number of carboxylic acid groups (broad SMARTS) is 1. The molecule has 2 rings (SSSR count). The number of aromatic nitrogens is 1. The highest BCUT2D eigenvalue weighted by Gasteiger charge is 2.18. The fraction of sp³-hybridized carbons (Fsp3) is 0.538. The molecule has 0 unspecified atom stereocenters. The maximum absolute atomic E-state index is 10.8. The van der Waals surface area contributed by atoms with Crippen LogP contribution in [0.3, 0.4) is 0 Å². The Kier molecular flexibility index (Phi) is 4.28. The van der Waals surface area contributed by atoms with E-state index in [1.54, 1.807) is 19.4 Å². The first-order chi connectivity index (χ1) is 8.69. The van der Waals surface area contributed by atoms with Crippen molar-refractivity contribution in [3.63, 3.8) is 0 Å². The highest BCUT2D eigenvalue weighted by atomic mass is 16.5. The van der Waals surface area contributed by atoms with E-state index in [-0.39, 0.29) is 5.69 Å². The summed E-state index contributed by atoms with van der Waals surface area (Å²) in [6.07, 6.45) is 4.00. The average Bonchev–Trinajstić information content (AvgIpc) is 2.40. The number of pyridine rings is 1. The third-order valence-electron chi connectivity index (χ3n) is 3.32. The van der Waals surface area contributed by atoms with E-state index in [1.807, 2.05) is 6.07 Å². The molecule has 0 radical (unpaired) electrons. The molecule has 0 atom stereocenters. The lowest BCUT2D eigenvalue weighted by Gasteiger charge is -2.31. The van der Waals surface area contributed by atoms with Crippen molar-refractivity contribution in [2.24, 2.45) is 0 Å². The normalized spacial score (nSPS) is 17.8. The van der Waals surface area contributed by atoms with Crippen LogP contribution in [-0.2, 0) is 11.3 Å². The standard InChI is InChI=1S/C13H18N2O3/c1-18-11-3-6-15(7-4-11)9-10-2-5-14-12(8-10)13(16)17/h2,5,8,11H,3-4,6-7,9H2,1H3,(H,16,17). The summed E-state index contributed by atoms with van der Waals surface area (Å²) in [5.41, 5.74) is 1.11. The summed E-state index contributed by atoms with van der Waals surface area (Å²) in [6.45, 7) is 2.76. The second kappa shape index (κ2) is 5.93. The smallest absolute Gasteiger partial charge is 0.354 e. The van der Waals surface area contributed by atoms with E-state index in [0.717, 1.165) is 38.0 Å². The number of carboxylic acids is 1. The number of hydrogen-bond donors (Lipinski definition) is 1. The van der Waals surface area contributed by atoms with Gasteiger partial charge in [-0.05, 0) is 30.5 Å². The number of methoxy groups -OCH3 is 1. The number of hydrogen-bond acceptors (Lipinski definition) is 4. The molecule has 1 fully saturated rings. The number of aromatic carboxylic acids is 1. The molecule has 98 valence electrons. The van der Waals surface area contributed by atoms with E-state index >= 15 is 0 Å². The van der Waals surface area contributed by atoms with Crippen LogP contribution in [0.4, 0.5) is 0 Å². The van der Waals surface area contributed by atoms with Crippen molar-refractivity contribution in [3.8, 4) is 0 Å². The van der Waals surface area contributed by atoms with Crippen molar-refractivity contribution in [2.75, 3.05) is 20.2 Å². The molecule has 0 aliphatic carbocycles. The van der Waals surface area contributed by atoms with Gasteiger partial charge in [-0.25, -0.2) is 9.78 Å². The Morgan fingerprint density at radius 1 is 1.56 bits per heavy atom. The molecular formula is C13H18N2O3. The van der Waals surface area contributed by atoms with E-state index in [4.69, 9.17) is 9.84 Å². The van der Waals surface area contributed by atoms with Gasteiger partial charge in [-0.2, -0.15) is 0 Å². The van der Waals surface area contributed by atoms with Crippen LogP contribution in [0.1, 0.15) is 28.9 Å². The predicted molar refractivity (Wildman–Crippen MR) is 66.5 cm³/mol.